The third kappa shape index (κ3) is 3.57. The molecule has 1 N–H and O–H groups in total. The van der Waals surface area contributed by atoms with Crippen molar-refractivity contribution < 1.29 is 0 Å². The summed E-state index contributed by atoms with van der Waals surface area (Å²) < 4.78 is 1.88. The summed E-state index contributed by atoms with van der Waals surface area (Å²) in [6.45, 7) is 14.6. The van der Waals surface area contributed by atoms with Crippen molar-refractivity contribution in [2.75, 3.05) is 13.1 Å². The first-order valence-electron chi connectivity index (χ1n) is 7.15. The lowest BCUT2D eigenvalue weighted by atomic mass is 9.82. The van der Waals surface area contributed by atoms with Gasteiger partial charge in [0.25, 0.3) is 0 Å². The van der Waals surface area contributed by atoms with E-state index < -0.39 is 0 Å². The smallest absolute Gasteiger partial charge is 0.0764 e. The molecule has 0 aromatic carbocycles. The minimum Gasteiger partial charge on any atom is -0.309 e. The summed E-state index contributed by atoms with van der Waals surface area (Å²) in [5.74, 6) is 0. The Labute approximate surface area is 117 Å². The lowest BCUT2D eigenvalue weighted by Crippen LogP contribution is -2.64. The maximum Gasteiger partial charge on any atom is 0.0764 e. The van der Waals surface area contributed by atoms with Gasteiger partial charge in [0.05, 0.1) is 5.69 Å². The molecule has 2 heterocycles. The van der Waals surface area contributed by atoms with Crippen molar-refractivity contribution in [3.63, 3.8) is 0 Å². The van der Waals surface area contributed by atoms with Crippen LogP contribution in [0.4, 0.5) is 0 Å². The molecule has 0 saturated carbocycles. The largest absolute Gasteiger partial charge is 0.309 e. The lowest BCUT2D eigenvalue weighted by molar-refractivity contribution is 0.0262. The monoisotopic (exact) mass is 264 g/mol. The molecule has 19 heavy (non-hydrogen) atoms. The standard InChI is InChI=1S/C15H28N4/c1-14(2,3)13-9-16-15(4,5)11-19(13)10-12-7-8-18(6)17-12/h7-8,13,16H,9-11H2,1-6H3. The van der Waals surface area contributed by atoms with Crippen molar-refractivity contribution in [3.8, 4) is 0 Å². The fourth-order valence-corrected chi connectivity index (χ4v) is 2.95. The van der Waals surface area contributed by atoms with Crippen molar-refractivity contribution in [2.45, 2.75) is 52.7 Å². The van der Waals surface area contributed by atoms with E-state index in [0.29, 0.717) is 6.04 Å². The molecule has 1 fully saturated rings. The minimum absolute atomic E-state index is 0.177. The van der Waals surface area contributed by atoms with Gasteiger partial charge in [0.15, 0.2) is 0 Å². The molecule has 1 atom stereocenters. The number of nitrogens with one attached hydrogen (secondary N) is 1. The summed E-state index contributed by atoms with van der Waals surface area (Å²) >= 11 is 0. The second kappa shape index (κ2) is 4.91. The molecule has 2 rings (SSSR count). The zero-order valence-electron chi connectivity index (χ0n) is 13.2. The van der Waals surface area contributed by atoms with Crippen LogP contribution in [0.5, 0.6) is 0 Å². The molecular formula is C15H28N4. The maximum atomic E-state index is 4.52. The van der Waals surface area contributed by atoms with Crippen LogP contribution in [0.15, 0.2) is 12.3 Å². The Morgan fingerprint density at radius 3 is 2.63 bits per heavy atom. The number of piperazine rings is 1. The molecular weight excluding hydrogens is 236 g/mol. The van der Waals surface area contributed by atoms with E-state index in [1.807, 2.05) is 17.9 Å². The second-order valence-corrected chi connectivity index (χ2v) is 7.53. The van der Waals surface area contributed by atoms with Crippen LogP contribution in [0.1, 0.15) is 40.3 Å². The molecule has 108 valence electrons. The highest BCUT2D eigenvalue weighted by atomic mass is 15.3. The molecule has 0 aliphatic carbocycles. The van der Waals surface area contributed by atoms with Crippen LogP contribution in [0.3, 0.4) is 0 Å². The Hall–Kier alpha value is -0.870. The molecule has 1 unspecified atom stereocenters. The lowest BCUT2D eigenvalue weighted by Gasteiger charge is -2.49. The molecule has 4 nitrogen and oxygen atoms in total. The van der Waals surface area contributed by atoms with Crippen LogP contribution in [0, 0.1) is 5.41 Å². The summed E-state index contributed by atoms with van der Waals surface area (Å²) in [7, 11) is 1.98. The Kier molecular flexibility index (Phi) is 3.76. The predicted octanol–water partition coefficient (Wildman–Crippen LogP) is 2.02. The van der Waals surface area contributed by atoms with Gasteiger partial charge < -0.3 is 5.32 Å². The van der Waals surface area contributed by atoms with E-state index in [1.54, 1.807) is 0 Å². The number of aryl methyl sites for hydroxylation is 1. The van der Waals surface area contributed by atoms with E-state index in [2.05, 4.69) is 56.0 Å². The van der Waals surface area contributed by atoms with Gasteiger partial charge in [-0.3, -0.25) is 9.58 Å². The molecule has 0 spiro atoms. The number of nitrogens with zero attached hydrogens (tertiary/aromatic N) is 3. The fraction of sp³-hybridized carbons (Fsp3) is 0.800. The molecule has 1 aromatic rings. The Balaban J connectivity index is 2.16. The van der Waals surface area contributed by atoms with Gasteiger partial charge in [-0.05, 0) is 25.3 Å². The van der Waals surface area contributed by atoms with Gasteiger partial charge in [-0.15, -0.1) is 0 Å². The highest BCUT2D eigenvalue weighted by Gasteiger charge is 2.38. The first-order chi connectivity index (χ1) is 8.67. The minimum atomic E-state index is 0.177. The Morgan fingerprint density at radius 2 is 2.11 bits per heavy atom. The summed E-state index contributed by atoms with van der Waals surface area (Å²) in [5, 5.41) is 8.19. The van der Waals surface area contributed by atoms with Crippen LogP contribution >= 0.6 is 0 Å². The van der Waals surface area contributed by atoms with Crippen molar-refractivity contribution in [2.24, 2.45) is 12.5 Å². The van der Waals surface area contributed by atoms with E-state index in [9.17, 15) is 0 Å². The maximum absolute atomic E-state index is 4.52. The zero-order chi connectivity index (χ0) is 14.3. The van der Waals surface area contributed by atoms with Gasteiger partial charge in [-0.25, -0.2) is 0 Å². The molecule has 0 amide bonds. The summed E-state index contributed by atoms with van der Waals surface area (Å²) in [5.41, 5.74) is 1.61. The Bertz CT molecular complexity index is 428. The van der Waals surface area contributed by atoms with E-state index in [1.165, 1.54) is 0 Å². The van der Waals surface area contributed by atoms with Gasteiger partial charge in [-0.2, -0.15) is 5.10 Å². The van der Waals surface area contributed by atoms with Gasteiger partial charge >= 0.3 is 0 Å². The van der Waals surface area contributed by atoms with Crippen molar-refractivity contribution in [1.82, 2.24) is 20.0 Å². The average Bonchev–Trinajstić information content (AvgIpc) is 2.60. The predicted molar refractivity (Wildman–Crippen MR) is 78.9 cm³/mol. The highest BCUT2D eigenvalue weighted by Crippen LogP contribution is 2.29. The van der Waals surface area contributed by atoms with Gasteiger partial charge in [0, 0.05) is 44.5 Å². The zero-order valence-corrected chi connectivity index (χ0v) is 13.2. The van der Waals surface area contributed by atoms with E-state index in [4.69, 9.17) is 0 Å². The summed E-state index contributed by atoms with van der Waals surface area (Å²) in [4.78, 5) is 2.58. The average molecular weight is 264 g/mol. The fourth-order valence-electron chi connectivity index (χ4n) is 2.95. The number of rotatable bonds is 2. The van der Waals surface area contributed by atoms with Gasteiger partial charge in [-0.1, -0.05) is 20.8 Å². The molecule has 4 heteroatoms. The third-order valence-electron chi connectivity index (χ3n) is 3.95. The van der Waals surface area contributed by atoms with Gasteiger partial charge in [0.1, 0.15) is 0 Å². The number of aromatic nitrogens is 2. The third-order valence-corrected chi connectivity index (χ3v) is 3.95. The Morgan fingerprint density at radius 1 is 1.42 bits per heavy atom. The van der Waals surface area contributed by atoms with Crippen molar-refractivity contribution in [1.29, 1.82) is 0 Å². The van der Waals surface area contributed by atoms with Crippen LogP contribution in [0.25, 0.3) is 0 Å². The molecule has 1 aromatic heterocycles. The number of hydrogen-bond acceptors (Lipinski definition) is 3. The summed E-state index contributed by atoms with van der Waals surface area (Å²) in [6.07, 6.45) is 2.02. The van der Waals surface area contributed by atoms with E-state index >= 15 is 0 Å². The van der Waals surface area contributed by atoms with Crippen LogP contribution < -0.4 is 5.32 Å². The van der Waals surface area contributed by atoms with E-state index in [-0.39, 0.29) is 11.0 Å². The first-order valence-corrected chi connectivity index (χ1v) is 7.15. The molecule has 1 saturated heterocycles. The molecule has 1 aliphatic rings. The molecule has 0 bridgehead atoms. The topological polar surface area (TPSA) is 33.1 Å². The number of hydrogen-bond donors (Lipinski definition) is 1. The van der Waals surface area contributed by atoms with Crippen LogP contribution in [0.2, 0.25) is 0 Å². The van der Waals surface area contributed by atoms with E-state index in [0.717, 1.165) is 25.3 Å². The molecule has 0 radical (unpaired) electrons. The molecule has 1 aliphatic heterocycles. The van der Waals surface area contributed by atoms with Crippen LogP contribution in [-0.2, 0) is 13.6 Å². The van der Waals surface area contributed by atoms with Gasteiger partial charge in [0.2, 0.25) is 0 Å². The van der Waals surface area contributed by atoms with Crippen molar-refractivity contribution >= 4 is 0 Å². The second-order valence-electron chi connectivity index (χ2n) is 7.53. The normalized spacial score (nSPS) is 24.6. The van der Waals surface area contributed by atoms with Crippen LogP contribution in [-0.4, -0.2) is 39.4 Å². The summed E-state index contributed by atoms with van der Waals surface area (Å²) in [6, 6.07) is 2.66. The highest BCUT2D eigenvalue weighted by molar-refractivity contribution is 5.03. The quantitative estimate of drug-likeness (QED) is 0.887. The SMILES string of the molecule is Cn1ccc(CN2CC(C)(C)NCC2C(C)(C)C)n1. The first kappa shape index (κ1) is 14.5. The van der Waals surface area contributed by atoms with Crippen molar-refractivity contribution in [3.05, 3.63) is 18.0 Å².